The van der Waals surface area contributed by atoms with Gasteiger partial charge >= 0.3 is 13.5 Å². The number of hydrogen-bond donors (Lipinski definition) is 4. The van der Waals surface area contributed by atoms with Crippen LogP contribution in [-0.2, 0) is 25.4 Å². The molecule has 1 saturated carbocycles. The van der Waals surface area contributed by atoms with Gasteiger partial charge in [-0.1, -0.05) is 64.2 Å². The van der Waals surface area contributed by atoms with Crippen molar-refractivity contribution in [2.75, 3.05) is 30.6 Å². The molecule has 3 aromatic rings. The lowest BCUT2D eigenvalue weighted by molar-refractivity contribution is -0.145. The first-order chi connectivity index (χ1) is 22.1. The summed E-state index contributed by atoms with van der Waals surface area (Å²) in [6.07, 6.45) is 11.2. The highest BCUT2D eigenvalue weighted by atomic mass is 31.2. The van der Waals surface area contributed by atoms with Gasteiger partial charge in [0.25, 0.3) is 0 Å². The van der Waals surface area contributed by atoms with Gasteiger partial charge in [0.1, 0.15) is 18.1 Å². The number of unbranched alkanes of at least 4 members (excludes halogenated alkanes) is 5. The lowest BCUT2D eigenvalue weighted by Crippen LogP contribution is -2.35. The molecule has 1 fully saturated rings. The number of carbonyl (C=O) groups is 1. The highest BCUT2D eigenvalue weighted by Gasteiger charge is 2.31. The van der Waals surface area contributed by atoms with E-state index in [-0.39, 0.29) is 18.9 Å². The maximum absolute atomic E-state index is 13.8. The Kier molecular flexibility index (Phi) is 15.7. The van der Waals surface area contributed by atoms with E-state index in [1.165, 1.54) is 19.3 Å². The van der Waals surface area contributed by atoms with Gasteiger partial charge in [0, 0.05) is 18.6 Å². The van der Waals surface area contributed by atoms with Crippen LogP contribution in [0.5, 0.6) is 5.75 Å². The van der Waals surface area contributed by atoms with Crippen molar-refractivity contribution < 1.29 is 23.4 Å². The summed E-state index contributed by atoms with van der Waals surface area (Å²) in [5, 5.41) is 6.18. The molecule has 1 aromatic carbocycles. The Morgan fingerprint density at radius 1 is 1.07 bits per heavy atom. The van der Waals surface area contributed by atoms with Crippen LogP contribution in [0.15, 0.2) is 36.7 Å². The van der Waals surface area contributed by atoms with E-state index in [0.29, 0.717) is 48.0 Å². The highest BCUT2D eigenvalue weighted by molar-refractivity contribution is 7.57. The quantitative estimate of drug-likeness (QED) is 0.0645. The second-order valence-electron chi connectivity index (χ2n) is 11.7. The Labute approximate surface area is 273 Å². The molecular weight excluding hydrogens is 607 g/mol. The van der Waals surface area contributed by atoms with Crippen LogP contribution < -0.4 is 26.4 Å². The van der Waals surface area contributed by atoms with Crippen LogP contribution in [0.4, 0.5) is 11.8 Å². The molecule has 14 heteroatoms. The molecule has 0 aliphatic heterocycles. The zero-order valence-electron chi connectivity index (χ0n) is 27.8. The number of nitrogens with one attached hydrogen (secondary N) is 2. The Hall–Kier alpha value is -3.25. The van der Waals surface area contributed by atoms with Crippen LogP contribution in [0.25, 0.3) is 11.2 Å². The molecule has 1 aliphatic rings. The van der Waals surface area contributed by atoms with Crippen LogP contribution in [0, 0.1) is 0 Å². The monoisotopic (exact) mass is 660 g/mol. The summed E-state index contributed by atoms with van der Waals surface area (Å²) in [4.78, 5) is 25.7. The summed E-state index contributed by atoms with van der Waals surface area (Å²) < 4.78 is 32.7. The van der Waals surface area contributed by atoms with E-state index in [1.807, 2.05) is 17.6 Å². The number of rotatable bonds is 20. The van der Waals surface area contributed by atoms with Crippen molar-refractivity contribution in [3.05, 3.63) is 36.7 Å². The smallest absolute Gasteiger partial charge is 0.342 e. The lowest BCUT2D eigenvalue weighted by atomic mass is 10.1. The third-order valence-corrected chi connectivity index (χ3v) is 9.07. The first-order valence-electron chi connectivity index (χ1n) is 16.5. The molecular formula is C32H53N8O5P. The van der Waals surface area contributed by atoms with Crippen LogP contribution >= 0.6 is 7.52 Å². The fourth-order valence-electron chi connectivity index (χ4n) is 4.26. The Bertz CT molecular complexity index is 1370. The summed E-state index contributed by atoms with van der Waals surface area (Å²) in [6.45, 7) is 8.78. The van der Waals surface area contributed by atoms with Gasteiger partial charge < -0.3 is 35.3 Å². The number of imidazole rings is 1. The lowest BCUT2D eigenvalue weighted by Gasteiger charge is -2.23. The van der Waals surface area contributed by atoms with Crippen LogP contribution in [0.2, 0.25) is 0 Å². The van der Waals surface area contributed by atoms with E-state index in [4.69, 9.17) is 25.5 Å². The number of para-hydroxylation sites is 1. The number of nitrogens with two attached hydrogens (primary N) is 2. The molecule has 4 rings (SSSR count). The van der Waals surface area contributed by atoms with Crippen molar-refractivity contribution in [1.82, 2.24) is 24.6 Å². The minimum Gasteiger partial charge on any atom is -0.465 e. The molecule has 0 bridgehead atoms. The number of aromatic nitrogens is 4. The molecule has 0 saturated heterocycles. The number of nitrogen functional groups attached to an aromatic ring is 1. The third kappa shape index (κ3) is 13.2. The topological polar surface area (TPSA) is 182 Å². The van der Waals surface area contributed by atoms with Crippen molar-refractivity contribution in [3.8, 4) is 5.75 Å². The second kappa shape index (κ2) is 19.4. The number of esters is 1. The molecule has 46 heavy (non-hydrogen) atoms. The van der Waals surface area contributed by atoms with E-state index < -0.39 is 19.5 Å². The van der Waals surface area contributed by atoms with E-state index in [1.54, 1.807) is 37.5 Å². The number of hydrogen-bond acceptors (Lipinski definition) is 11. The SMILES string of the molecule is CCCCCCCCOC(=O)[C@H](C)NP(=O)(COCCn1cnc2c(NC3CC3)nc(N)nc21)Oc1ccccc1.CC[C@@H](C)N. The molecule has 256 valence electrons. The molecule has 2 aromatic heterocycles. The minimum atomic E-state index is -3.64. The van der Waals surface area contributed by atoms with Crippen molar-refractivity contribution in [2.24, 2.45) is 5.73 Å². The molecule has 1 unspecified atom stereocenters. The Morgan fingerprint density at radius 2 is 1.76 bits per heavy atom. The first-order valence-corrected chi connectivity index (χ1v) is 18.3. The van der Waals surface area contributed by atoms with Gasteiger partial charge in [0.15, 0.2) is 17.0 Å². The highest BCUT2D eigenvalue weighted by Crippen LogP contribution is 2.43. The molecule has 2 heterocycles. The zero-order valence-corrected chi connectivity index (χ0v) is 28.7. The number of fused-ring (bicyclic) bond motifs is 1. The van der Waals surface area contributed by atoms with E-state index in [2.05, 4.69) is 39.2 Å². The van der Waals surface area contributed by atoms with Crippen molar-refractivity contribution >= 4 is 36.4 Å². The summed E-state index contributed by atoms with van der Waals surface area (Å²) >= 11 is 0. The van der Waals surface area contributed by atoms with E-state index in [0.717, 1.165) is 38.5 Å². The van der Waals surface area contributed by atoms with Crippen LogP contribution in [-0.4, -0.2) is 63.2 Å². The third-order valence-electron chi connectivity index (χ3n) is 7.26. The number of benzene rings is 1. The molecule has 0 radical (unpaired) electrons. The van der Waals surface area contributed by atoms with Gasteiger partial charge in [0.2, 0.25) is 5.95 Å². The van der Waals surface area contributed by atoms with Gasteiger partial charge in [0.05, 0.1) is 19.5 Å². The van der Waals surface area contributed by atoms with Gasteiger partial charge in [-0.25, -0.2) is 10.1 Å². The first kappa shape index (κ1) is 37.2. The fraction of sp³-hybridized carbons (Fsp3) is 0.625. The molecule has 0 spiro atoms. The number of ether oxygens (including phenoxy) is 2. The Balaban J connectivity index is 0.00000107. The van der Waals surface area contributed by atoms with Gasteiger partial charge in [-0.15, -0.1) is 0 Å². The predicted molar refractivity (Wildman–Crippen MR) is 183 cm³/mol. The predicted octanol–water partition coefficient (Wildman–Crippen LogP) is 5.85. The summed E-state index contributed by atoms with van der Waals surface area (Å²) in [7, 11) is -3.64. The summed E-state index contributed by atoms with van der Waals surface area (Å²) in [5.74, 6) is 0.707. The molecule has 13 nitrogen and oxygen atoms in total. The molecule has 1 aliphatic carbocycles. The van der Waals surface area contributed by atoms with Crippen molar-refractivity contribution in [2.45, 2.75) is 110 Å². The van der Waals surface area contributed by atoms with E-state index >= 15 is 0 Å². The average molecular weight is 661 g/mol. The Morgan fingerprint density at radius 3 is 2.43 bits per heavy atom. The van der Waals surface area contributed by atoms with E-state index in [9.17, 15) is 9.36 Å². The standard InChI is InChI=1S/C28H42N7O5P.C4H11N/c1-3-4-5-6-7-11-17-39-27(36)21(2)34-41(37,40-23-12-9-8-10-13-23)20-38-18-16-35-19-30-24-25(31-22-14-15-22)32-28(29)33-26(24)35;1-3-4(2)5/h8-10,12-13,19,21-22H,3-7,11,14-18,20H2,1-2H3,(H,34,37)(H3,29,31,32,33);4H,3,5H2,1-2H3/t21-,41?;4-/m01/s1. The van der Waals surface area contributed by atoms with Gasteiger partial charge in [-0.3, -0.25) is 9.36 Å². The molecule has 0 amide bonds. The second-order valence-corrected chi connectivity index (χ2v) is 13.8. The fourth-order valence-corrected chi connectivity index (χ4v) is 5.97. The van der Waals surface area contributed by atoms with Gasteiger partial charge in [-0.2, -0.15) is 9.97 Å². The zero-order chi connectivity index (χ0) is 33.4. The summed E-state index contributed by atoms with van der Waals surface area (Å²) in [6, 6.07) is 8.73. The van der Waals surface area contributed by atoms with Crippen LogP contribution in [0.3, 0.4) is 0 Å². The van der Waals surface area contributed by atoms with Crippen molar-refractivity contribution in [3.63, 3.8) is 0 Å². The van der Waals surface area contributed by atoms with Crippen LogP contribution in [0.1, 0.15) is 85.5 Å². The average Bonchev–Trinajstić information content (AvgIpc) is 3.76. The number of carbonyl (C=O) groups excluding carboxylic acids is 1. The summed E-state index contributed by atoms with van der Waals surface area (Å²) in [5.41, 5.74) is 12.5. The molecule has 3 atom stereocenters. The number of nitrogens with zero attached hydrogens (tertiary/aromatic N) is 4. The number of anilines is 2. The maximum atomic E-state index is 13.8. The van der Waals surface area contributed by atoms with Gasteiger partial charge in [-0.05, 0) is 51.7 Å². The molecule has 6 N–H and O–H groups in total. The minimum absolute atomic E-state index is 0.158. The normalized spacial score (nSPS) is 15.3. The largest absolute Gasteiger partial charge is 0.465 e. The maximum Gasteiger partial charge on any atom is 0.342 e. The van der Waals surface area contributed by atoms with Crippen molar-refractivity contribution in [1.29, 1.82) is 0 Å².